The zero-order chi connectivity index (χ0) is 18.1. The number of hydrogen-bond acceptors (Lipinski definition) is 4. The van der Waals surface area contributed by atoms with Crippen LogP contribution in [0.2, 0.25) is 18.1 Å². The monoisotopic (exact) mass is 345 g/mol. The molecule has 0 atom stereocenters. The maximum absolute atomic E-state index is 12.7. The van der Waals surface area contributed by atoms with Gasteiger partial charge in [0, 0.05) is 0 Å². The fourth-order valence-corrected chi connectivity index (χ4v) is 3.23. The lowest BCUT2D eigenvalue weighted by Gasteiger charge is -2.43. The molecule has 0 heterocycles. The van der Waals surface area contributed by atoms with Gasteiger partial charge in [-0.1, -0.05) is 20.8 Å². The average molecular weight is 346 g/mol. The smallest absolute Gasteiger partial charge is 0.433 e. The van der Waals surface area contributed by atoms with Gasteiger partial charge in [0.2, 0.25) is 8.32 Å². The molecule has 1 aliphatic carbocycles. The summed E-state index contributed by atoms with van der Waals surface area (Å²) in [6.07, 6.45) is 2.21. The molecular weight excluding hydrogens is 310 g/mol. The predicted molar refractivity (Wildman–Crippen MR) is 94.6 cm³/mol. The summed E-state index contributed by atoms with van der Waals surface area (Å²) in [6.45, 7) is 16.3. The Morgan fingerprint density at radius 1 is 1.04 bits per heavy atom. The first-order valence-electron chi connectivity index (χ1n) is 8.62. The molecule has 0 aromatic heterocycles. The van der Waals surface area contributed by atoms with E-state index in [9.17, 15) is 9.90 Å². The van der Waals surface area contributed by atoms with Crippen LogP contribution in [0.3, 0.4) is 0 Å². The van der Waals surface area contributed by atoms with Gasteiger partial charge < -0.3 is 14.4 Å². The van der Waals surface area contributed by atoms with Crippen LogP contribution in [0.4, 0.5) is 4.79 Å². The average Bonchev–Trinajstić information content (AvgIpc) is 2.33. The van der Waals surface area contributed by atoms with Gasteiger partial charge in [0.05, 0.1) is 12.1 Å². The molecule has 1 aliphatic rings. The fraction of sp³-hybridized carbons (Fsp3) is 0.941. The Bertz CT molecular complexity index is 404. The first-order valence-corrected chi connectivity index (χ1v) is 11.5. The van der Waals surface area contributed by atoms with Crippen molar-refractivity contribution in [1.82, 2.24) is 5.06 Å². The van der Waals surface area contributed by atoms with E-state index in [0.29, 0.717) is 12.8 Å². The minimum Gasteiger partial charge on any atom is -0.442 e. The molecule has 0 bridgehead atoms. The number of aliphatic hydroxyl groups excluding tert-OH is 1. The Morgan fingerprint density at radius 3 is 1.91 bits per heavy atom. The normalized spacial score (nSPS) is 23.5. The van der Waals surface area contributed by atoms with Crippen LogP contribution < -0.4 is 0 Å². The summed E-state index contributed by atoms with van der Waals surface area (Å²) >= 11 is 0. The quantitative estimate of drug-likeness (QED) is 0.606. The molecule has 0 aliphatic heterocycles. The number of hydrogen-bond donors (Lipinski definition) is 1. The Kier molecular flexibility index (Phi) is 6.32. The molecular formula is C17H35NO4Si. The maximum atomic E-state index is 12.7. The van der Waals surface area contributed by atoms with Gasteiger partial charge in [-0.15, -0.1) is 0 Å². The molecule has 5 nitrogen and oxygen atoms in total. The van der Waals surface area contributed by atoms with E-state index in [0.717, 1.165) is 12.8 Å². The van der Waals surface area contributed by atoms with Gasteiger partial charge in [-0.05, 0) is 64.6 Å². The molecule has 6 heteroatoms. The molecule has 0 spiro atoms. The minimum atomic E-state index is -2.14. The summed E-state index contributed by atoms with van der Waals surface area (Å²) in [5, 5.41) is 11.2. The van der Waals surface area contributed by atoms with E-state index in [1.165, 1.54) is 5.06 Å². The van der Waals surface area contributed by atoms with Crippen LogP contribution in [0.5, 0.6) is 0 Å². The molecule has 136 valence electrons. The Hall–Kier alpha value is -0.593. The molecule has 1 N–H and O–H groups in total. The molecule has 1 fully saturated rings. The van der Waals surface area contributed by atoms with Crippen LogP contribution in [0.25, 0.3) is 0 Å². The highest BCUT2D eigenvalue weighted by Crippen LogP contribution is 2.38. The predicted octanol–water partition coefficient (Wildman–Crippen LogP) is 4.46. The van der Waals surface area contributed by atoms with Crippen molar-refractivity contribution in [3.05, 3.63) is 0 Å². The SMILES string of the molecule is CC(C)(C)OC(=O)N(O[Si](C)(C)C(C)(C)C)C1CCC(O)CC1. The molecule has 1 rings (SSSR count). The van der Waals surface area contributed by atoms with Gasteiger partial charge in [0.15, 0.2) is 0 Å². The second-order valence-corrected chi connectivity index (χ2v) is 13.8. The number of carbonyl (C=O) groups excluding carboxylic acids is 1. The van der Waals surface area contributed by atoms with E-state index in [1.54, 1.807) is 0 Å². The first kappa shape index (κ1) is 20.5. The number of amides is 1. The minimum absolute atomic E-state index is 0.00143. The summed E-state index contributed by atoms with van der Waals surface area (Å²) in [4.78, 5) is 12.7. The topological polar surface area (TPSA) is 59.0 Å². The van der Waals surface area contributed by atoms with Crippen molar-refractivity contribution in [3.8, 4) is 0 Å². The van der Waals surface area contributed by atoms with Crippen molar-refractivity contribution >= 4 is 14.4 Å². The van der Waals surface area contributed by atoms with Gasteiger partial charge in [-0.2, -0.15) is 5.06 Å². The molecule has 1 saturated carbocycles. The summed E-state index contributed by atoms with van der Waals surface area (Å²) in [5.74, 6) is 0. The summed E-state index contributed by atoms with van der Waals surface area (Å²) in [6, 6.07) is -0.0256. The van der Waals surface area contributed by atoms with Crippen molar-refractivity contribution in [2.75, 3.05) is 0 Å². The van der Waals surface area contributed by atoms with E-state index in [2.05, 4.69) is 33.9 Å². The number of ether oxygens (including phenoxy) is 1. The highest BCUT2D eigenvalue weighted by atomic mass is 28.4. The number of carbonyl (C=O) groups is 1. The van der Waals surface area contributed by atoms with Crippen molar-refractivity contribution in [2.24, 2.45) is 0 Å². The number of hydroxylamine groups is 2. The van der Waals surface area contributed by atoms with E-state index < -0.39 is 20.0 Å². The van der Waals surface area contributed by atoms with E-state index in [4.69, 9.17) is 9.26 Å². The van der Waals surface area contributed by atoms with E-state index in [1.807, 2.05) is 20.8 Å². The molecule has 0 aromatic carbocycles. The van der Waals surface area contributed by atoms with Crippen LogP contribution in [0, 0.1) is 0 Å². The lowest BCUT2D eigenvalue weighted by atomic mass is 9.93. The highest BCUT2D eigenvalue weighted by Gasteiger charge is 2.43. The van der Waals surface area contributed by atoms with Gasteiger partial charge in [0.25, 0.3) is 0 Å². The van der Waals surface area contributed by atoms with Crippen LogP contribution >= 0.6 is 0 Å². The lowest BCUT2D eigenvalue weighted by molar-refractivity contribution is -0.118. The lowest BCUT2D eigenvalue weighted by Crippen LogP contribution is -2.53. The summed E-state index contributed by atoms with van der Waals surface area (Å²) in [7, 11) is -2.14. The first-order chi connectivity index (χ1) is 10.2. The number of nitrogens with zero attached hydrogens (tertiary/aromatic N) is 1. The van der Waals surface area contributed by atoms with Gasteiger partial charge in [-0.25, -0.2) is 4.79 Å². The van der Waals surface area contributed by atoms with Gasteiger partial charge in [0.1, 0.15) is 5.60 Å². The second-order valence-electron chi connectivity index (χ2n) is 9.12. The van der Waals surface area contributed by atoms with Gasteiger partial charge >= 0.3 is 6.09 Å². The molecule has 0 unspecified atom stereocenters. The van der Waals surface area contributed by atoms with Crippen molar-refractivity contribution in [1.29, 1.82) is 0 Å². The Labute approximate surface area is 142 Å². The van der Waals surface area contributed by atoms with E-state index in [-0.39, 0.29) is 17.2 Å². The summed E-state index contributed by atoms with van der Waals surface area (Å²) < 4.78 is 11.9. The van der Waals surface area contributed by atoms with E-state index >= 15 is 0 Å². The highest BCUT2D eigenvalue weighted by molar-refractivity contribution is 6.74. The Balaban J connectivity index is 2.95. The number of rotatable bonds is 3. The van der Waals surface area contributed by atoms with Gasteiger partial charge in [-0.3, -0.25) is 0 Å². The van der Waals surface area contributed by atoms with Crippen molar-refractivity contribution in [3.63, 3.8) is 0 Å². The van der Waals surface area contributed by atoms with Crippen LogP contribution in [-0.4, -0.2) is 42.3 Å². The zero-order valence-electron chi connectivity index (χ0n) is 16.1. The molecule has 0 saturated heterocycles. The fourth-order valence-electron chi connectivity index (χ4n) is 2.24. The van der Waals surface area contributed by atoms with Crippen molar-refractivity contribution < 1.29 is 19.2 Å². The molecule has 23 heavy (non-hydrogen) atoms. The van der Waals surface area contributed by atoms with Crippen LogP contribution in [0.15, 0.2) is 0 Å². The van der Waals surface area contributed by atoms with Crippen molar-refractivity contribution in [2.45, 2.75) is 103 Å². The number of aliphatic hydroxyl groups is 1. The third-order valence-corrected chi connectivity index (χ3v) is 8.97. The maximum Gasteiger partial charge on any atom is 0.433 e. The summed E-state index contributed by atoms with van der Waals surface area (Å²) in [5.41, 5.74) is -0.555. The van der Waals surface area contributed by atoms with Crippen LogP contribution in [0.1, 0.15) is 67.2 Å². The second kappa shape index (κ2) is 7.11. The third kappa shape index (κ3) is 6.08. The largest absolute Gasteiger partial charge is 0.442 e. The standard InChI is InChI=1S/C17H35NO4Si/c1-16(2,3)21-15(20)18(13-9-11-14(19)12-10-13)22-23(7,8)17(4,5)6/h13-14,19H,9-12H2,1-8H3. The molecule has 0 aromatic rings. The molecule has 1 amide bonds. The van der Waals surface area contributed by atoms with Crippen LogP contribution in [-0.2, 0) is 9.26 Å². The molecule has 0 radical (unpaired) electrons. The Morgan fingerprint density at radius 2 is 1.52 bits per heavy atom. The zero-order valence-corrected chi connectivity index (χ0v) is 17.1. The third-order valence-electron chi connectivity index (χ3n) is 4.70.